The Hall–Kier alpha value is -5.50. The van der Waals surface area contributed by atoms with Gasteiger partial charge in [-0.2, -0.15) is 36.9 Å². The zero-order valence-electron chi connectivity index (χ0n) is 20.7. The third-order valence-electron chi connectivity index (χ3n) is 6.80. The fourth-order valence-corrected chi connectivity index (χ4v) is 4.80. The Labute approximate surface area is 228 Å². The lowest BCUT2D eigenvalue weighted by atomic mass is 9.98. The minimum Gasteiger partial charge on any atom is -0.270 e. The molecule has 0 aliphatic carbocycles. The number of alkyl halides is 6. The smallest absolute Gasteiger partial charge is 0.270 e. The van der Waals surface area contributed by atoms with Gasteiger partial charge >= 0.3 is 12.4 Å². The molecule has 0 bridgehead atoms. The highest BCUT2D eigenvalue weighted by Gasteiger charge is 2.32. The first-order valence-electron chi connectivity index (χ1n) is 11.8. The Morgan fingerprint density at radius 3 is 1.00 bits per heavy atom. The number of halogens is 6. The molecular formula is C28H12F6N4O4. The molecule has 42 heavy (non-hydrogen) atoms. The van der Waals surface area contributed by atoms with Crippen LogP contribution in [0.2, 0.25) is 0 Å². The summed E-state index contributed by atoms with van der Waals surface area (Å²) in [6.45, 7) is -1.07. The first-order chi connectivity index (χ1) is 19.7. The summed E-state index contributed by atoms with van der Waals surface area (Å²) in [6.07, 6.45) is -9.25. The monoisotopic (exact) mass is 582 g/mol. The molecule has 0 N–H and O–H groups in total. The summed E-state index contributed by atoms with van der Waals surface area (Å²) >= 11 is 0. The normalized spacial score (nSPS) is 12.1. The molecule has 3 aromatic carbocycles. The molecule has 210 valence electrons. The zero-order chi connectivity index (χ0) is 30.7. The van der Waals surface area contributed by atoms with Gasteiger partial charge in [-0.25, -0.2) is 0 Å². The molecular weight excluding hydrogens is 570 g/mol. The zero-order valence-corrected chi connectivity index (χ0v) is 20.7. The molecule has 0 unspecified atom stereocenters. The second-order valence-electron chi connectivity index (χ2n) is 9.26. The van der Waals surface area contributed by atoms with E-state index in [0.29, 0.717) is 9.13 Å². The van der Waals surface area contributed by atoms with Gasteiger partial charge in [0.2, 0.25) is 0 Å². The van der Waals surface area contributed by atoms with Crippen LogP contribution in [0.15, 0.2) is 67.7 Å². The molecule has 2 aromatic heterocycles. The quantitative estimate of drug-likeness (QED) is 0.297. The van der Waals surface area contributed by atoms with Crippen LogP contribution >= 0.6 is 0 Å². The molecule has 2 heterocycles. The Morgan fingerprint density at radius 1 is 0.524 bits per heavy atom. The van der Waals surface area contributed by atoms with Crippen LogP contribution in [0.3, 0.4) is 0 Å². The van der Waals surface area contributed by atoms with Crippen LogP contribution in [0.4, 0.5) is 26.3 Å². The summed E-state index contributed by atoms with van der Waals surface area (Å²) in [4.78, 5) is 53.3. The van der Waals surface area contributed by atoms with E-state index < -0.39 is 91.5 Å². The van der Waals surface area contributed by atoms with Crippen molar-refractivity contribution in [3.63, 3.8) is 0 Å². The van der Waals surface area contributed by atoms with Crippen LogP contribution in [0.25, 0.3) is 21.5 Å². The molecule has 5 rings (SSSR count). The topological polar surface area (TPSA) is 126 Å². The second kappa shape index (κ2) is 9.55. The highest BCUT2D eigenvalue weighted by atomic mass is 19.4. The Morgan fingerprint density at radius 2 is 0.786 bits per heavy atom. The molecule has 0 aliphatic rings. The fraction of sp³-hybridized carbons (Fsp3) is 0.143. The number of nitriles is 2. The van der Waals surface area contributed by atoms with E-state index in [1.807, 2.05) is 0 Å². The maximum Gasteiger partial charge on any atom is 0.416 e. The van der Waals surface area contributed by atoms with Crippen molar-refractivity contribution in [1.82, 2.24) is 9.13 Å². The number of hydrogen-bond acceptors (Lipinski definition) is 6. The van der Waals surface area contributed by atoms with E-state index in [4.69, 9.17) is 0 Å². The van der Waals surface area contributed by atoms with Gasteiger partial charge < -0.3 is 0 Å². The van der Waals surface area contributed by atoms with E-state index in [2.05, 4.69) is 0 Å². The van der Waals surface area contributed by atoms with Crippen LogP contribution in [0, 0.1) is 22.7 Å². The predicted molar refractivity (Wildman–Crippen MR) is 135 cm³/mol. The lowest BCUT2D eigenvalue weighted by Crippen LogP contribution is -2.27. The van der Waals surface area contributed by atoms with Crippen molar-refractivity contribution in [3.8, 4) is 12.1 Å². The van der Waals surface area contributed by atoms with Gasteiger partial charge in [-0.15, -0.1) is 0 Å². The minimum atomic E-state index is -4.63. The minimum absolute atomic E-state index is 0.108. The number of hydrogen-bond donors (Lipinski definition) is 0. The number of nitrogens with zero attached hydrogens (tertiary/aromatic N) is 4. The Kier molecular flexibility index (Phi) is 6.38. The van der Waals surface area contributed by atoms with E-state index in [1.54, 1.807) is 12.1 Å². The first kappa shape index (κ1) is 28.0. The summed E-state index contributed by atoms with van der Waals surface area (Å²) in [7, 11) is 0. The van der Waals surface area contributed by atoms with Gasteiger partial charge in [0.05, 0.1) is 56.9 Å². The van der Waals surface area contributed by atoms with Crippen LogP contribution < -0.4 is 22.2 Å². The largest absolute Gasteiger partial charge is 0.416 e. The summed E-state index contributed by atoms with van der Waals surface area (Å²) in [5.74, 6) is 0. The molecule has 0 saturated carbocycles. The SMILES string of the molecule is N#Cc1c2c(=O)n(Cc3ccc(C(F)(F)F)cc3)c(=O)c2c(C#N)c2c(=O)n(Cc3ccc(C(F)(F)F)cc3)c(=O)c12. The average Bonchev–Trinajstić information content (AvgIpc) is 3.32. The van der Waals surface area contributed by atoms with E-state index in [9.17, 15) is 56.0 Å². The average molecular weight is 582 g/mol. The standard InChI is InChI=1S/C28H12F6N4O4/c29-27(30,31)15-5-1-13(2-6-15)11-37-23(39)19-17(9-35)21-22(18(10-36)20(19)24(37)40)26(42)38(25(21)41)12-14-3-7-16(8-4-14)28(32,33)34/h1-8H,11-12H2. The second-order valence-corrected chi connectivity index (χ2v) is 9.26. The van der Waals surface area contributed by atoms with Crippen LogP contribution in [-0.2, 0) is 25.4 Å². The number of rotatable bonds is 4. The lowest BCUT2D eigenvalue weighted by molar-refractivity contribution is -0.138. The molecule has 5 aromatic rings. The number of benzene rings is 3. The molecule has 0 amide bonds. The maximum atomic E-state index is 13.3. The molecule has 0 saturated heterocycles. The van der Waals surface area contributed by atoms with Crippen molar-refractivity contribution in [2.24, 2.45) is 0 Å². The summed E-state index contributed by atoms with van der Waals surface area (Å²) in [5.41, 5.74) is -7.45. The Balaban J connectivity index is 1.71. The van der Waals surface area contributed by atoms with E-state index in [1.165, 1.54) is 0 Å². The molecule has 0 spiro atoms. The maximum absolute atomic E-state index is 13.3. The van der Waals surface area contributed by atoms with Crippen molar-refractivity contribution in [2.45, 2.75) is 25.4 Å². The van der Waals surface area contributed by atoms with Crippen molar-refractivity contribution in [2.75, 3.05) is 0 Å². The first-order valence-corrected chi connectivity index (χ1v) is 11.8. The van der Waals surface area contributed by atoms with Gasteiger partial charge in [0.1, 0.15) is 12.1 Å². The van der Waals surface area contributed by atoms with Gasteiger partial charge in [0.15, 0.2) is 0 Å². The van der Waals surface area contributed by atoms with Crippen LogP contribution in [0.5, 0.6) is 0 Å². The molecule has 0 aliphatic heterocycles. The summed E-state index contributed by atoms with van der Waals surface area (Å²) < 4.78 is 78.6. The Bertz CT molecular complexity index is 1960. The van der Waals surface area contributed by atoms with Gasteiger partial charge in [-0.1, -0.05) is 24.3 Å². The lowest BCUT2D eigenvalue weighted by Gasteiger charge is -2.07. The number of fused-ring (bicyclic) bond motifs is 2. The highest BCUT2D eigenvalue weighted by molar-refractivity contribution is 6.09. The van der Waals surface area contributed by atoms with Gasteiger partial charge in [0.25, 0.3) is 22.2 Å². The van der Waals surface area contributed by atoms with Crippen LogP contribution in [0.1, 0.15) is 33.4 Å². The van der Waals surface area contributed by atoms with E-state index in [-0.39, 0.29) is 11.1 Å². The predicted octanol–water partition coefficient (Wildman–Crippen LogP) is 3.79. The third kappa shape index (κ3) is 4.34. The van der Waals surface area contributed by atoms with Gasteiger partial charge in [-0.3, -0.25) is 28.3 Å². The van der Waals surface area contributed by atoms with Crippen molar-refractivity contribution >= 4 is 21.5 Å². The van der Waals surface area contributed by atoms with Crippen molar-refractivity contribution in [1.29, 1.82) is 10.5 Å². The highest BCUT2D eigenvalue weighted by Crippen LogP contribution is 2.31. The summed E-state index contributed by atoms with van der Waals surface area (Å²) in [6, 6.07) is 10.4. The van der Waals surface area contributed by atoms with Gasteiger partial charge in [-0.05, 0) is 35.4 Å². The van der Waals surface area contributed by atoms with Crippen molar-refractivity contribution in [3.05, 3.63) is 123 Å². The fourth-order valence-electron chi connectivity index (χ4n) is 4.80. The van der Waals surface area contributed by atoms with E-state index >= 15 is 0 Å². The molecule has 0 atom stereocenters. The number of aromatic nitrogens is 2. The molecule has 0 fully saturated rings. The molecule has 8 nitrogen and oxygen atoms in total. The third-order valence-corrected chi connectivity index (χ3v) is 6.80. The van der Waals surface area contributed by atoms with Crippen LogP contribution in [-0.4, -0.2) is 9.13 Å². The molecule has 14 heteroatoms. The van der Waals surface area contributed by atoms with E-state index in [0.717, 1.165) is 48.5 Å². The van der Waals surface area contributed by atoms with Gasteiger partial charge in [0, 0.05) is 0 Å². The van der Waals surface area contributed by atoms with Crippen molar-refractivity contribution < 1.29 is 26.3 Å². The summed E-state index contributed by atoms with van der Waals surface area (Å²) in [5, 5.41) is 17.4. The molecule has 0 radical (unpaired) electrons.